The van der Waals surface area contributed by atoms with E-state index in [0.717, 1.165) is 44.4 Å². The molecular formula is C13H26N2O2S. The predicted molar refractivity (Wildman–Crippen MR) is 73.7 cm³/mol. The SMILES string of the molecule is CCC1CCC(CN)(NS(=O)(=O)CC2CC2)CC1. The van der Waals surface area contributed by atoms with Crippen LogP contribution in [0.15, 0.2) is 0 Å². The Kier molecular flexibility index (Phi) is 4.34. The molecule has 0 aromatic carbocycles. The van der Waals surface area contributed by atoms with Crippen LogP contribution < -0.4 is 10.5 Å². The predicted octanol–water partition coefficient (Wildman–Crippen LogP) is 1.61. The zero-order valence-electron chi connectivity index (χ0n) is 11.3. The minimum Gasteiger partial charge on any atom is -0.329 e. The molecule has 106 valence electrons. The molecule has 3 N–H and O–H groups in total. The number of nitrogens with one attached hydrogen (secondary N) is 1. The molecule has 4 nitrogen and oxygen atoms in total. The average molecular weight is 274 g/mol. The van der Waals surface area contributed by atoms with Crippen molar-refractivity contribution in [1.29, 1.82) is 0 Å². The highest BCUT2D eigenvalue weighted by Crippen LogP contribution is 2.35. The topological polar surface area (TPSA) is 72.2 Å². The zero-order chi connectivity index (χ0) is 13.2. The summed E-state index contributed by atoms with van der Waals surface area (Å²) in [5.41, 5.74) is 5.49. The number of sulfonamides is 1. The standard InChI is InChI=1S/C13H26N2O2S/c1-2-11-5-7-13(10-14,8-6-11)15-18(16,17)9-12-3-4-12/h11-12,15H,2-10,14H2,1H3. The molecule has 2 rings (SSSR count). The fourth-order valence-corrected chi connectivity index (χ4v) is 4.94. The van der Waals surface area contributed by atoms with E-state index in [4.69, 9.17) is 5.73 Å². The van der Waals surface area contributed by atoms with Crippen molar-refractivity contribution in [3.8, 4) is 0 Å². The van der Waals surface area contributed by atoms with Crippen LogP contribution in [0.1, 0.15) is 51.9 Å². The quantitative estimate of drug-likeness (QED) is 0.773. The third-order valence-electron chi connectivity index (χ3n) is 4.55. The molecule has 2 saturated carbocycles. The van der Waals surface area contributed by atoms with Crippen LogP contribution in [0.4, 0.5) is 0 Å². The maximum absolute atomic E-state index is 12.1. The number of hydrogen-bond acceptors (Lipinski definition) is 3. The van der Waals surface area contributed by atoms with Crippen LogP contribution in [0.5, 0.6) is 0 Å². The summed E-state index contributed by atoms with van der Waals surface area (Å²) < 4.78 is 27.1. The van der Waals surface area contributed by atoms with Crippen molar-refractivity contribution in [2.24, 2.45) is 17.6 Å². The smallest absolute Gasteiger partial charge is 0.212 e. The van der Waals surface area contributed by atoms with Crippen LogP contribution in [0.3, 0.4) is 0 Å². The Morgan fingerprint density at radius 2 is 1.78 bits per heavy atom. The van der Waals surface area contributed by atoms with Crippen LogP contribution in [-0.2, 0) is 10.0 Å². The van der Waals surface area contributed by atoms with Gasteiger partial charge in [0.25, 0.3) is 0 Å². The lowest BCUT2D eigenvalue weighted by Crippen LogP contribution is -2.56. The average Bonchev–Trinajstić information content (AvgIpc) is 3.12. The Morgan fingerprint density at radius 1 is 1.17 bits per heavy atom. The first-order chi connectivity index (χ1) is 8.49. The van der Waals surface area contributed by atoms with Gasteiger partial charge in [0, 0.05) is 12.1 Å². The molecule has 5 heteroatoms. The number of rotatable bonds is 6. The van der Waals surface area contributed by atoms with Gasteiger partial charge in [-0.25, -0.2) is 13.1 Å². The summed E-state index contributed by atoms with van der Waals surface area (Å²) in [5, 5.41) is 0. The van der Waals surface area contributed by atoms with E-state index in [1.807, 2.05) is 0 Å². The van der Waals surface area contributed by atoms with Crippen molar-refractivity contribution >= 4 is 10.0 Å². The van der Waals surface area contributed by atoms with Crippen LogP contribution >= 0.6 is 0 Å². The highest BCUT2D eigenvalue weighted by Gasteiger charge is 2.38. The van der Waals surface area contributed by atoms with Crippen molar-refractivity contribution in [3.63, 3.8) is 0 Å². The molecule has 0 saturated heterocycles. The fourth-order valence-electron chi connectivity index (χ4n) is 2.95. The Morgan fingerprint density at radius 3 is 2.22 bits per heavy atom. The number of nitrogens with two attached hydrogens (primary N) is 1. The maximum Gasteiger partial charge on any atom is 0.212 e. The molecule has 0 aliphatic heterocycles. The molecule has 18 heavy (non-hydrogen) atoms. The zero-order valence-corrected chi connectivity index (χ0v) is 12.1. The second-order valence-electron chi connectivity index (χ2n) is 6.16. The molecule has 0 bridgehead atoms. The van der Waals surface area contributed by atoms with E-state index in [0.29, 0.717) is 18.2 Å². The Balaban J connectivity index is 1.95. The fraction of sp³-hybridized carbons (Fsp3) is 1.00. The monoisotopic (exact) mass is 274 g/mol. The lowest BCUT2D eigenvalue weighted by molar-refractivity contribution is 0.217. The normalized spacial score (nSPS) is 33.6. The van der Waals surface area contributed by atoms with Gasteiger partial charge >= 0.3 is 0 Å². The van der Waals surface area contributed by atoms with E-state index in [-0.39, 0.29) is 5.54 Å². The van der Waals surface area contributed by atoms with Gasteiger partial charge in [0.05, 0.1) is 5.75 Å². The summed E-state index contributed by atoms with van der Waals surface area (Å²) in [7, 11) is -3.14. The van der Waals surface area contributed by atoms with Crippen LogP contribution in [0.25, 0.3) is 0 Å². The Bertz CT molecular complexity index is 368. The summed E-state index contributed by atoms with van der Waals surface area (Å²) in [6.07, 6.45) is 7.30. The largest absolute Gasteiger partial charge is 0.329 e. The summed E-state index contributed by atoms with van der Waals surface area (Å²) in [6.45, 7) is 2.63. The van der Waals surface area contributed by atoms with Gasteiger partial charge in [0.15, 0.2) is 0 Å². The summed E-state index contributed by atoms with van der Waals surface area (Å²) >= 11 is 0. The van der Waals surface area contributed by atoms with Gasteiger partial charge in [-0.1, -0.05) is 13.3 Å². The first-order valence-corrected chi connectivity index (χ1v) is 8.85. The van der Waals surface area contributed by atoms with E-state index in [1.165, 1.54) is 6.42 Å². The van der Waals surface area contributed by atoms with Crippen molar-refractivity contribution < 1.29 is 8.42 Å². The minimum absolute atomic E-state index is 0.298. The Labute approximate surface area is 111 Å². The van der Waals surface area contributed by atoms with Gasteiger partial charge in [0.1, 0.15) is 0 Å². The first kappa shape index (κ1) is 14.3. The van der Waals surface area contributed by atoms with Gasteiger partial charge in [-0.05, 0) is 50.4 Å². The third kappa shape index (κ3) is 3.68. The van der Waals surface area contributed by atoms with E-state index in [2.05, 4.69) is 11.6 Å². The van der Waals surface area contributed by atoms with Crippen molar-refractivity contribution in [3.05, 3.63) is 0 Å². The lowest BCUT2D eigenvalue weighted by Gasteiger charge is -2.39. The van der Waals surface area contributed by atoms with Gasteiger partial charge in [0.2, 0.25) is 10.0 Å². The van der Waals surface area contributed by atoms with E-state index >= 15 is 0 Å². The molecule has 2 aliphatic carbocycles. The van der Waals surface area contributed by atoms with Crippen molar-refractivity contribution in [2.75, 3.05) is 12.3 Å². The highest BCUT2D eigenvalue weighted by molar-refractivity contribution is 7.89. The molecule has 2 fully saturated rings. The van der Waals surface area contributed by atoms with Crippen LogP contribution in [-0.4, -0.2) is 26.3 Å². The third-order valence-corrected chi connectivity index (χ3v) is 6.21. The van der Waals surface area contributed by atoms with Gasteiger partial charge in [-0.3, -0.25) is 0 Å². The summed E-state index contributed by atoms with van der Waals surface area (Å²) in [6, 6.07) is 0. The van der Waals surface area contributed by atoms with Gasteiger partial charge in [-0.2, -0.15) is 0 Å². The summed E-state index contributed by atoms with van der Waals surface area (Å²) in [5.74, 6) is 1.44. The molecule has 0 aromatic rings. The highest BCUT2D eigenvalue weighted by atomic mass is 32.2. The molecular weight excluding hydrogens is 248 g/mol. The first-order valence-electron chi connectivity index (χ1n) is 7.20. The Hall–Kier alpha value is -0.130. The van der Waals surface area contributed by atoms with Gasteiger partial charge in [-0.15, -0.1) is 0 Å². The molecule has 0 atom stereocenters. The van der Waals surface area contributed by atoms with E-state index in [1.54, 1.807) is 0 Å². The molecule has 0 heterocycles. The van der Waals surface area contributed by atoms with Gasteiger partial charge < -0.3 is 5.73 Å². The second kappa shape index (κ2) is 5.47. The summed E-state index contributed by atoms with van der Waals surface area (Å²) in [4.78, 5) is 0. The lowest BCUT2D eigenvalue weighted by atomic mass is 9.76. The molecule has 0 aromatic heterocycles. The molecule has 0 radical (unpaired) electrons. The molecule has 2 aliphatic rings. The molecule has 0 spiro atoms. The van der Waals surface area contributed by atoms with Crippen LogP contribution in [0, 0.1) is 11.8 Å². The minimum atomic E-state index is -3.14. The van der Waals surface area contributed by atoms with E-state index in [9.17, 15) is 8.42 Å². The second-order valence-corrected chi connectivity index (χ2v) is 7.93. The van der Waals surface area contributed by atoms with E-state index < -0.39 is 10.0 Å². The van der Waals surface area contributed by atoms with Crippen molar-refractivity contribution in [1.82, 2.24) is 4.72 Å². The maximum atomic E-state index is 12.1. The van der Waals surface area contributed by atoms with Crippen molar-refractivity contribution in [2.45, 2.75) is 57.4 Å². The molecule has 0 unspecified atom stereocenters. The number of hydrogen-bond donors (Lipinski definition) is 2. The molecule has 0 amide bonds. The van der Waals surface area contributed by atoms with Crippen LogP contribution in [0.2, 0.25) is 0 Å².